The van der Waals surface area contributed by atoms with E-state index in [1.807, 2.05) is 12.1 Å². The number of benzene rings is 5. The van der Waals surface area contributed by atoms with Gasteiger partial charge in [-0.25, -0.2) is 4.98 Å². The summed E-state index contributed by atoms with van der Waals surface area (Å²) in [4.78, 5) is 9.75. The van der Waals surface area contributed by atoms with E-state index in [4.69, 9.17) is 21.1 Å². The minimum absolute atomic E-state index is 0.587. The molecule has 226 valence electrons. The van der Waals surface area contributed by atoms with Crippen LogP contribution >= 0.6 is 11.9 Å². The SMILES string of the molecule is ClOc1c(-c2c3c(cc4cc(-c5ccc(-c6nc7c(n6-c6ccccc6)C=CCC7)cc5)ccc24)=CCCC=3)ccc2cccnc12. The van der Waals surface area contributed by atoms with Crippen molar-refractivity contribution in [1.82, 2.24) is 14.5 Å². The van der Waals surface area contributed by atoms with Crippen molar-refractivity contribution in [3.8, 4) is 45.1 Å². The van der Waals surface area contributed by atoms with Gasteiger partial charge in [0.2, 0.25) is 0 Å². The van der Waals surface area contributed by atoms with Crippen molar-refractivity contribution < 1.29 is 4.29 Å². The van der Waals surface area contributed by atoms with E-state index in [2.05, 4.69) is 125 Å². The van der Waals surface area contributed by atoms with Crippen LogP contribution in [0.3, 0.4) is 0 Å². The number of fused-ring (bicyclic) bond motifs is 4. The Bertz CT molecular complexity index is 2500. The standard InChI is InChI=1S/C42H30ClN3O/c43-47-41-36(23-20-28-10-8-24-44-40(28)41)39-34-13-5-4-9-31(34)26-32-25-30(21-22-35(32)39)27-16-18-29(19-17-27)42-45-37-14-6-7-15-38(37)46(42)33-11-2-1-3-12-33/h1-3,7-13,15-26H,4-6,14H2. The molecule has 0 radical (unpaired) electrons. The van der Waals surface area contributed by atoms with E-state index in [1.54, 1.807) is 6.20 Å². The third-order valence-electron chi connectivity index (χ3n) is 9.47. The summed E-state index contributed by atoms with van der Waals surface area (Å²) >= 11 is 6.16. The number of nitrogens with zero attached hydrogens (tertiary/aromatic N) is 3. The molecule has 0 aliphatic heterocycles. The molecule has 0 fully saturated rings. The first-order valence-electron chi connectivity index (χ1n) is 16.1. The summed E-state index contributed by atoms with van der Waals surface area (Å²) in [5.74, 6) is 1.56. The predicted molar refractivity (Wildman–Crippen MR) is 194 cm³/mol. The van der Waals surface area contributed by atoms with Crippen molar-refractivity contribution in [2.24, 2.45) is 0 Å². The quantitative estimate of drug-likeness (QED) is 0.191. The number of hydrogen-bond acceptors (Lipinski definition) is 3. The van der Waals surface area contributed by atoms with Crippen molar-refractivity contribution in [1.29, 1.82) is 0 Å². The summed E-state index contributed by atoms with van der Waals surface area (Å²) < 4.78 is 7.82. The molecular weight excluding hydrogens is 598 g/mol. The second-order valence-electron chi connectivity index (χ2n) is 12.2. The van der Waals surface area contributed by atoms with Crippen molar-refractivity contribution in [2.45, 2.75) is 25.7 Å². The summed E-state index contributed by atoms with van der Waals surface area (Å²) in [6.45, 7) is 0. The van der Waals surface area contributed by atoms with Crippen LogP contribution in [0.5, 0.6) is 5.75 Å². The maximum atomic E-state index is 6.16. The molecule has 2 aliphatic carbocycles. The van der Waals surface area contributed by atoms with Gasteiger partial charge >= 0.3 is 0 Å². The predicted octanol–water partition coefficient (Wildman–Crippen LogP) is 9.42. The van der Waals surface area contributed by atoms with E-state index in [1.165, 1.54) is 21.5 Å². The lowest BCUT2D eigenvalue weighted by Gasteiger charge is -2.16. The van der Waals surface area contributed by atoms with Gasteiger partial charge in [-0.05, 0) is 100 Å². The number of para-hydroxylation sites is 1. The Kier molecular flexibility index (Phi) is 6.76. The number of pyridine rings is 1. The van der Waals surface area contributed by atoms with Gasteiger partial charge in [0.05, 0.1) is 11.4 Å². The van der Waals surface area contributed by atoms with Crippen LogP contribution in [0.2, 0.25) is 0 Å². The second-order valence-corrected chi connectivity index (χ2v) is 12.4. The molecule has 2 heterocycles. The zero-order valence-electron chi connectivity index (χ0n) is 25.7. The Morgan fingerprint density at radius 3 is 2.43 bits per heavy atom. The van der Waals surface area contributed by atoms with Crippen LogP contribution in [-0.2, 0) is 6.42 Å². The first-order chi connectivity index (χ1) is 23.3. The van der Waals surface area contributed by atoms with Crippen LogP contribution in [0.15, 0.2) is 115 Å². The van der Waals surface area contributed by atoms with Gasteiger partial charge in [-0.1, -0.05) is 85.0 Å². The number of halogens is 1. The van der Waals surface area contributed by atoms with E-state index in [0.717, 1.165) is 87.0 Å². The minimum atomic E-state index is 0.587. The fourth-order valence-corrected chi connectivity index (χ4v) is 7.41. The van der Waals surface area contributed by atoms with Crippen molar-refractivity contribution in [2.75, 3.05) is 0 Å². The fourth-order valence-electron chi connectivity index (χ4n) is 7.25. The van der Waals surface area contributed by atoms with Gasteiger partial charge in [-0.2, -0.15) is 0 Å². The normalized spacial score (nSPS) is 13.6. The lowest BCUT2D eigenvalue weighted by atomic mass is 9.89. The number of aryl methyl sites for hydroxylation is 1. The van der Waals surface area contributed by atoms with Crippen LogP contribution < -0.4 is 14.7 Å². The Hall–Kier alpha value is -5.45. The second kappa shape index (κ2) is 11.4. The maximum absolute atomic E-state index is 6.16. The molecule has 7 aromatic rings. The summed E-state index contributed by atoms with van der Waals surface area (Å²) in [6.07, 6.45) is 14.9. The number of allylic oxidation sites excluding steroid dienone is 1. The van der Waals surface area contributed by atoms with Crippen LogP contribution in [0.25, 0.3) is 79.2 Å². The zero-order chi connectivity index (χ0) is 31.3. The largest absolute Gasteiger partial charge is 0.383 e. The van der Waals surface area contributed by atoms with Crippen LogP contribution in [0.4, 0.5) is 0 Å². The van der Waals surface area contributed by atoms with E-state index in [-0.39, 0.29) is 0 Å². The number of aromatic nitrogens is 3. The van der Waals surface area contributed by atoms with E-state index in [0.29, 0.717) is 5.75 Å². The van der Waals surface area contributed by atoms with Crippen LogP contribution in [0.1, 0.15) is 30.7 Å². The van der Waals surface area contributed by atoms with Gasteiger partial charge in [0, 0.05) is 34.0 Å². The smallest absolute Gasteiger partial charge is 0.180 e. The Labute approximate surface area is 277 Å². The highest BCUT2D eigenvalue weighted by molar-refractivity contribution is 6.12. The number of imidazole rings is 1. The monoisotopic (exact) mass is 627 g/mol. The molecule has 5 aromatic carbocycles. The molecule has 2 aromatic heterocycles. The average molecular weight is 628 g/mol. The maximum Gasteiger partial charge on any atom is 0.180 e. The molecule has 5 heteroatoms. The highest BCUT2D eigenvalue weighted by atomic mass is 35.5. The topological polar surface area (TPSA) is 39.9 Å². The van der Waals surface area contributed by atoms with Crippen LogP contribution in [0, 0.1) is 0 Å². The molecule has 0 N–H and O–H groups in total. The fraction of sp³-hybridized carbons (Fsp3) is 0.0952. The number of hydrogen-bond donors (Lipinski definition) is 0. The van der Waals surface area contributed by atoms with E-state index < -0.39 is 0 Å². The molecular formula is C42H30ClN3O. The molecule has 9 rings (SSSR count). The molecule has 0 unspecified atom stereocenters. The molecule has 0 saturated carbocycles. The molecule has 0 saturated heterocycles. The van der Waals surface area contributed by atoms with E-state index >= 15 is 0 Å². The van der Waals surface area contributed by atoms with E-state index in [9.17, 15) is 0 Å². The van der Waals surface area contributed by atoms with Gasteiger partial charge < -0.3 is 4.29 Å². The van der Waals surface area contributed by atoms with Gasteiger partial charge in [-0.3, -0.25) is 9.55 Å². The van der Waals surface area contributed by atoms with Crippen molar-refractivity contribution >= 4 is 51.8 Å². The highest BCUT2D eigenvalue weighted by Crippen LogP contribution is 2.39. The Morgan fingerprint density at radius 2 is 1.55 bits per heavy atom. The molecule has 4 nitrogen and oxygen atoms in total. The van der Waals surface area contributed by atoms with Gasteiger partial charge in [0.15, 0.2) is 5.75 Å². The molecule has 0 atom stereocenters. The summed E-state index contributed by atoms with van der Waals surface area (Å²) in [7, 11) is 0. The molecule has 0 bridgehead atoms. The Morgan fingerprint density at radius 1 is 0.723 bits per heavy atom. The lowest BCUT2D eigenvalue weighted by molar-refractivity contribution is 0.627. The summed E-state index contributed by atoms with van der Waals surface area (Å²) in [6, 6.07) is 36.6. The summed E-state index contributed by atoms with van der Waals surface area (Å²) in [5.41, 5.74) is 9.71. The molecule has 0 amide bonds. The molecule has 47 heavy (non-hydrogen) atoms. The van der Waals surface area contributed by atoms with Crippen molar-refractivity contribution in [3.05, 3.63) is 137 Å². The highest BCUT2D eigenvalue weighted by Gasteiger charge is 2.21. The Balaban J connectivity index is 1.17. The first-order valence-corrected chi connectivity index (χ1v) is 16.5. The minimum Gasteiger partial charge on any atom is -0.383 e. The zero-order valence-corrected chi connectivity index (χ0v) is 26.4. The van der Waals surface area contributed by atoms with Gasteiger partial charge in [0.25, 0.3) is 0 Å². The van der Waals surface area contributed by atoms with Crippen LogP contribution in [-0.4, -0.2) is 14.5 Å². The third-order valence-corrected chi connectivity index (χ3v) is 9.62. The first kappa shape index (κ1) is 27.8. The molecule has 2 aliphatic rings. The average Bonchev–Trinajstić information content (AvgIpc) is 3.53. The van der Waals surface area contributed by atoms with Gasteiger partial charge in [0.1, 0.15) is 23.2 Å². The third kappa shape index (κ3) is 4.67. The van der Waals surface area contributed by atoms with Gasteiger partial charge in [-0.15, -0.1) is 0 Å². The van der Waals surface area contributed by atoms with Crippen molar-refractivity contribution in [3.63, 3.8) is 0 Å². The summed E-state index contributed by atoms with van der Waals surface area (Å²) in [5, 5.41) is 5.78. The number of rotatable bonds is 5. The lowest BCUT2D eigenvalue weighted by Crippen LogP contribution is -2.29. The molecule has 0 spiro atoms.